The Kier molecular flexibility index (Phi) is 6.68. The average Bonchev–Trinajstić information content (AvgIpc) is 3.03. The zero-order chi connectivity index (χ0) is 18.6. The number of benzene rings is 1. The molecule has 2 rings (SSSR count). The maximum absolute atomic E-state index is 12.1. The van der Waals surface area contributed by atoms with Gasteiger partial charge >= 0.3 is 5.97 Å². The standard InChI is InChI=1S/C15H18BrN3O5S/c1-7-18-14(24-19-7)9(17)6-25-5-8-10(20)4-11(22-2)13(16)12(8)15(21)23-3/h4,9,20H,5-6,17H2,1-3H3. The summed E-state index contributed by atoms with van der Waals surface area (Å²) in [7, 11) is 2.72. The molecule has 0 bridgehead atoms. The second-order valence-corrected chi connectivity index (χ2v) is 6.88. The SMILES string of the molecule is COC(=O)c1c(Br)c(OC)cc(O)c1CSCC(N)c1nc(C)no1. The van der Waals surface area contributed by atoms with Crippen LogP contribution < -0.4 is 10.5 Å². The third-order valence-corrected chi connectivity index (χ3v) is 5.20. The van der Waals surface area contributed by atoms with E-state index in [0.717, 1.165) is 0 Å². The van der Waals surface area contributed by atoms with Gasteiger partial charge in [0.1, 0.15) is 11.5 Å². The number of phenols is 1. The van der Waals surface area contributed by atoms with Gasteiger partial charge in [-0.05, 0) is 22.9 Å². The van der Waals surface area contributed by atoms with Gasteiger partial charge in [-0.3, -0.25) is 0 Å². The van der Waals surface area contributed by atoms with E-state index in [2.05, 4.69) is 26.1 Å². The predicted molar refractivity (Wildman–Crippen MR) is 95.8 cm³/mol. The van der Waals surface area contributed by atoms with Gasteiger partial charge < -0.3 is 24.8 Å². The zero-order valence-corrected chi connectivity index (χ0v) is 16.3. The molecule has 0 fully saturated rings. The minimum Gasteiger partial charge on any atom is -0.507 e. The van der Waals surface area contributed by atoms with E-state index in [1.165, 1.54) is 32.0 Å². The Balaban J connectivity index is 2.18. The van der Waals surface area contributed by atoms with Gasteiger partial charge in [0, 0.05) is 23.1 Å². The quantitative estimate of drug-likeness (QED) is 0.636. The van der Waals surface area contributed by atoms with Crippen molar-refractivity contribution < 1.29 is 23.9 Å². The fourth-order valence-corrected chi connectivity index (χ4v) is 3.78. The van der Waals surface area contributed by atoms with E-state index in [1.54, 1.807) is 6.92 Å². The third kappa shape index (κ3) is 4.44. The number of carbonyl (C=O) groups is 1. The number of aromatic hydroxyl groups is 1. The van der Waals surface area contributed by atoms with E-state index in [9.17, 15) is 9.90 Å². The van der Waals surface area contributed by atoms with E-state index < -0.39 is 12.0 Å². The first-order valence-electron chi connectivity index (χ1n) is 7.19. The monoisotopic (exact) mass is 431 g/mol. The van der Waals surface area contributed by atoms with Crippen molar-refractivity contribution in [2.75, 3.05) is 20.0 Å². The van der Waals surface area contributed by atoms with Gasteiger partial charge in [0.15, 0.2) is 5.82 Å². The summed E-state index contributed by atoms with van der Waals surface area (Å²) in [5.41, 5.74) is 6.66. The number of halogens is 1. The number of esters is 1. The Bertz CT molecular complexity index is 768. The molecular formula is C15H18BrN3O5S. The Hall–Kier alpha value is -1.78. The molecule has 1 aromatic heterocycles. The molecule has 8 nitrogen and oxygen atoms in total. The highest BCUT2D eigenvalue weighted by atomic mass is 79.9. The number of ether oxygens (including phenoxy) is 2. The van der Waals surface area contributed by atoms with E-state index in [-0.39, 0.29) is 11.3 Å². The van der Waals surface area contributed by atoms with Crippen LogP contribution in [0.3, 0.4) is 0 Å². The smallest absolute Gasteiger partial charge is 0.339 e. The highest BCUT2D eigenvalue weighted by Gasteiger charge is 2.24. The Morgan fingerprint density at radius 1 is 1.52 bits per heavy atom. The van der Waals surface area contributed by atoms with Crippen LogP contribution in [-0.4, -0.2) is 41.2 Å². The van der Waals surface area contributed by atoms with Crippen LogP contribution in [-0.2, 0) is 10.5 Å². The summed E-state index contributed by atoms with van der Waals surface area (Å²) in [6, 6.07) is 0.991. The molecule has 3 N–H and O–H groups in total. The van der Waals surface area contributed by atoms with E-state index in [1.807, 2.05) is 0 Å². The lowest BCUT2D eigenvalue weighted by Crippen LogP contribution is -2.14. The van der Waals surface area contributed by atoms with E-state index >= 15 is 0 Å². The Labute approximate surface area is 157 Å². The molecule has 136 valence electrons. The molecular weight excluding hydrogens is 414 g/mol. The van der Waals surface area contributed by atoms with Crippen molar-refractivity contribution in [3.8, 4) is 11.5 Å². The minimum atomic E-state index is -0.575. The second-order valence-electron chi connectivity index (χ2n) is 5.06. The van der Waals surface area contributed by atoms with Crippen molar-refractivity contribution in [1.82, 2.24) is 10.1 Å². The van der Waals surface area contributed by atoms with Crippen LogP contribution in [0.1, 0.15) is 33.7 Å². The zero-order valence-electron chi connectivity index (χ0n) is 13.9. The number of thioether (sulfide) groups is 1. The summed E-state index contributed by atoms with van der Waals surface area (Å²) >= 11 is 4.74. The topological polar surface area (TPSA) is 121 Å². The number of methoxy groups -OCH3 is 2. The number of aryl methyl sites for hydroxylation is 1. The normalized spacial score (nSPS) is 12.0. The molecule has 1 aromatic carbocycles. The van der Waals surface area contributed by atoms with Crippen LogP contribution in [0.4, 0.5) is 0 Å². The van der Waals surface area contributed by atoms with Gasteiger partial charge in [-0.2, -0.15) is 16.7 Å². The molecule has 1 heterocycles. The average molecular weight is 432 g/mol. The maximum atomic E-state index is 12.1. The maximum Gasteiger partial charge on any atom is 0.339 e. The molecule has 0 radical (unpaired) electrons. The van der Waals surface area contributed by atoms with Crippen molar-refractivity contribution in [2.45, 2.75) is 18.7 Å². The van der Waals surface area contributed by atoms with Crippen molar-refractivity contribution in [3.05, 3.63) is 33.4 Å². The summed E-state index contributed by atoms with van der Waals surface area (Å²) in [6.45, 7) is 1.71. The molecule has 25 heavy (non-hydrogen) atoms. The van der Waals surface area contributed by atoms with Crippen LogP contribution in [0.15, 0.2) is 15.1 Å². The Morgan fingerprint density at radius 3 is 2.80 bits per heavy atom. The summed E-state index contributed by atoms with van der Waals surface area (Å²) < 4.78 is 15.4. The van der Waals surface area contributed by atoms with Gasteiger partial charge in [0.2, 0.25) is 5.89 Å². The van der Waals surface area contributed by atoms with Crippen LogP contribution in [0.5, 0.6) is 11.5 Å². The van der Waals surface area contributed by atoms with Gasteiger partial charge in [-0.15, -0.1) is 0 Å². The largest absolute Gasteiger partial charge is 0.507 e. The van der Waals surface area contributed by atoms with Crippen molar-refractivity contribution in [2.24, 2.45) is 5.73 Å². The lowest BCUT2D eigenvalue weighted by atomic mass is 10.1. The highest BCUT2D eigenvalue weighted by Crippen LogP contribution is 2.39. The third-order valence-electron chi connectivity index (χ3n) is 3.33. The first-order valence-corrected chi connectivity index (χ1v) is 9.14. The number of carbonyl (C=O) groups excluding carboxylic acids is 1. The molecule has 1 unspecified atom stereocenters. The number of hydrogen-bond acceptors (Lipinski definition) is 9. The first-order chi connectivity index (χ1) is 11.9. The number of nitrogens with zero attached hydrogens (tertiary/aromatic N) is 2. The van der Waals surface area contributed by atoms with Gasteiger partial charge in [-0.1, -0.05) is 5.16 Å². The van der Waals surface area contributed by atoms with E-state index in [4.69, 9.17) is 19.7 Å². The van der Waals surface area contributed by atoms with Crippen molar-refractivity contribution in [3.63, 3.8) is 0 Å². The summed E-state index contributed by atoms with van der Waals surface area (Å²) in [5, 5.41) is 14.0. The summed E-state index contributed by atoms with van der Waals surface area (Å²) in [4.78, 5) is 16.2. The highest BCUT2D eigenvalue weighted by molar-refractivity contribution is 9.10. The van der Waals surface area contributed by atoms with E-state index in [0.29, 0.717) is 39.0 Å². The summed E-state index contributed by atoms with van der Waals surface area (Å²) in [6.07, 6.45) is 0. The number of aromatic nitrogens is 2. The Morgan fingerprint density at radius 2 is 2.24 bits per heavy atom. The molecule has 0 amide bonds. The first kappa shape index (κ1) is 19.5. The molecule has 0 aliphatic heterocycles. The van der Waals surface area contributed by atoms with Gasteiger partial charge in [0.25, 0.3) is 0 Å². The number of rotatable bonds is 7. The fraction of sp³-hybridized carbons (Fsp3) is 0.400. The van der Waals surface area contributed by atoms with Crippen molar-refractivity contribution >= 4 is 33.7 Å². The predicted octanol–water partition coefficient (Wildman–Crippen LogP) is 2.57. The molecule has 0 saturated heterocycles. The molecule has 0 aliphatic rings. The van der Waals surface area contributed by atoms with Crippen LogP contribution >= 0.6 is 27.7 Å². The molecule has 2 aromatic rings. The van der Waals surface area contributed by atoms with Crippen LogP contribution in [0.25, 0.3) is 0 Å². The molecule has 0 spiro atoms. The molecule has 0 saturated carbocycles. The van der Waals surface area contributed by atoms with Crippen molar-refractivity contribution in [1.29, 1.82) is 0 Å². The second kappa shape index (κ2) is 8.54. The minimum absolute atomic E-state index is 0.0600. The summed E-state index contributed by atoms with van der Waals surface area (Å²) in [5.74, 6) is 1.36. The van der Waals surface area contributed by atoms with Crippen LogP contribution in [0.2, 0.25) is 0 Å². The van der Waals surface area contributed by atoms with Gasteiger partial charge in [0.05, 0.1) is 30.3 Å². The van der Waals surface area contributed by atoms with Crippen LogP contribution in [0, 0.1) is 6.92 Å². The molecule has 1 atom stereocenters. The number of hydrogen-bond donors (Lipinski definition) is 2. The molecule has 0 aliphatic carbocycles. The lowest BCUT2D eigenvalue weighted by molar-refractivity contribution is 0.0597. The number of nitrogens with two attached hydrogens (primary N) is 1. The number of phenolic OH excluding ortho intramolecular Hbond substituents is 1. The fourth-order valence-electron chi connectivity index (χ4n) is 2.09. The lowest BCUT2D eigenvalue weighted by Gasteiger charge is -2.15. The van der Waals surface area contributed by atoms with Gasteiger partial charge in [-0.25, -0.2) is 4.79 Å². The molecule has 10 heteroatoms.